The van der Waals surface area contributed by atoms with Crippen LogP contribution in [-0.2, 0) is 6.42 Å². The number of nitrogens with zero attached hydrogens (tertiary/aromatic N) is 1. The van der Waals surface area contributed by atoms with Crippen molar-refractivity contribution in [1.29, 1.82) is 0 Å². The number of aliphatic hydroxyl groups is 1. The van der Waals surface area contributed by atoms with Gasteiger partial charge in [-0.05, 0) is 48.7 Å². The third-order valence-corrected chi connectivity index (χ3v) is 4.70. The van der Waals surface area contributed by atoms with Crippen molar-refractivity contribution in [3.8, 4) is 5.75 Å². The highest BCUT2D eigenvalue weighted by Gasteiger charge is 2.45. The van der Waals surface area contributed by atoms with Crippen LogP contribution in [0.25, 0.3) is 0 Å². The highest BCUT2D eigenvalue weighted by atomic mass is 16.5. The molecule has 1 aliphatic carbocycles. The number of carbonyl (C=O) groups excluding carboxylic acids is 2. The zero-order chi connectivity index (χ0) is 16.8. The van der Waals surface area contributed by atoms with Crippen LogP contribution in [0.1, 0.15) is 44.9 Å². The summed E-state index contributed by atoms with van der Waals surface area (Å²) in [6, 6.07) is 11.7. The standard InChI is InChI=1S/C19H17NO4/c1-2-24-12-8-7-11-9-16(17(21)15(11)10-12)20-18(22)13-5-3-4-6-14(13)19(20)23/h3-8,10,16-17,21H,2,9H2,1H3/t16-,17?/m0/s1. The summed E-state index contributed by atoms with van der Waals surface area (Å²) in [5, 5.41) is 10.7. The van der Waals surface area contributed by atoms with E-state index in [1.54, 1.807) is 30.3 Å². The van der Waals surface area contributed by atoms with Gasteiger partial charge in [-0.15, -0.1) is 0 Å². The lowest BCUT2D eigenvalue weighted by molar-refractivity contribution is 0.0383. The van der Waals surface area contributed by atoms with Crippen LogP contribution in [0.2, 0.25) is 0 Å². The van der Waals surface area contributed by atoms with Gasteiger partial charge in [0.2, 0.25) is 0 Å². The van der Waals surface area contributed by atoms with Crippen LogP contribution >= 0.6 is 0 Å². The molecule has 0 radical (unpaired) electrons. The molecule has 122 valence electrons. The van der Waals surface area contributed by atoms with Gasteiger partial charge in [0.05, 0.1) is 23.8 Å². The number of ether oxygens (including phenoxy) is 1. The van der Waals surface area contributed by atoms with Crippen molar-refractivity contribution in [1.82, 2.24) is 4.90 Å². The second kappa shape index (κ2) is 5.46. The number of hydrogen-bond donors (Lipinski definition) is 1. The molecule has 1 heterocycles. The quantitative estimate of drug-likeness (QED) is 0.881. The third-order valence-electron chi connectivity index (χ3n) is 4.70. The van der Waals surface area contributed by atoms with Crippen LogP contribution in [0, 0.1) is 0 Å². The minimum atomic E-state index is -0.900. The summed E-state index contributed by atoms with van der Waals surface area (Å²) < 4.78 is 5.47. The summed E-state index contributed by atoms with van der Waals surface area (Å²) in [7, 11) is 0. The van der Waals surface area contributed by atoms with Gasteiger partial charge < -0.3 is 9.84 Å². The van der Waals surface area contributed by atoms with E-state index in [2.05, 4.69) is 0 Å². The zero-order valence-electron chi connectivity index (χ0n) is 13.2. The largest absolute Gasteiger partial charge is 0.494 e. The molecule has 0 aromatic heterocycles. The molecule has 1 unspecified atom stereocenters. The first-order valence-corrected chi connectivity index (χ1v) is 8.02. The fourth-order valence-electron chi connectivity index (χ4n) is 3.58. The monoisotopic (exact) mass is 323 g/mol. The third kappa shape index (κ3) is 2.05. The highest BCUT2D eigenvalue weighted by molar-refractivity contribution is 6.21. The molecule has 5 heteroatoms. The smallest absolute Gasteiger partial charge is 0.261 e. The van der Waals surface area contributed by atoms with E-state index < -0.39 is 12.1 Å². The second-order valence-corrected chi connectivity index (χ2v) is 6.04. The van der Waals surface area contributed by atoms with Gasteiger partial charge in [0, 0.05) is 0 Å². The second-order valence-electron chi connectivity index (χ2n) is 6.04. The van der Waals surface area contributed by atoms with Crippen LogP contribution in [-0.4, -0.2) is 34.5 Å². The van der Waals surface area contributed by atoms with Crippen molar-refractivity contribution in [3.63, 3.8) is 0 Å². The number of aliphatic hydroxyl groups excluding tert-OH is 1. The van der Waals surface area contributed by atoms with Crippen LogP contribution in [0.3, 0.4) is 0 Å². The number of fused-ring (bicyclic) bond motifs is 2. The average Bonchev–Trinajstić information content (AvgIpc) is 3.04. The van der Waals surface area contributed by atoms with Crippen molar-refractivity contribution in [3.05, 3.63) is 64.7 Å². The predicted octanol–water partition coefficient (Wildman–Crippen LogP) is 2.34. The molecule has 1 N–H and O–H groups in total. The van der Waals surface area contributed by atoms with E-state index in [0.717, 1.165) is 11.1 Å². The summed E-state index contributed by atoms with van der Waals surface area (Å²) in [6.07, 6.45) is -0.448. The Morgan fingerprint density at radius 1 is 1.12 bits per heavy atom. The number of amides is 2. The lowest BCUT2D eigenvalue weighted by atomic mass is 10.1. The molecule has 2 aliphatic rings. The van der Waals surface area contributed by atoms with Gasteiger partial charge >= 0.3 is 0 Å². The molecule has 2 aromatic rings. The van der Waals surface area contributed by atoms with E-state index in [1.807, 2.05) is 19.1 Å². The Balaban J connectivity index is 1.67. The Bertz CT molecular complexity index is 810. The summed E-state index contributed by atoms with van der Waals surface area (Å²) in [4.78, 5) is 26.5. The van der Waals surface area contributed by atoms with Gasteiger partial charge in [-0.25, -0.2) is 0 Å². The minimum absolute atomic E-state index is 0.336. The number of rotatable bonds is 3. The van der Waals surface area contributed by atoms with Gasteiger partial charge in [-0.3, -0.25) is 14.5 Å². The molecule has 24 heavy (non-hydrogen) atoms. The Morgan fingerprint density at radius 3 is 2.42 bits per heavy atom. The molecule has 4 rings (SSSR count). The minimum Gasteiger partial charge on any atom is -0.494 e. The Hall–Kier alpha value is -2.66. The van der Waals surface area contributed by atoms with Crippen molar-refractivity contribution >= 4 is 11.8 Å². The Morgan fingerprint density at radius 2 is 1.79 bits per heavy atom. The summed E-state index contributed by atoms with van der Waals surface area (Å²) in [5.74, 6) is 0.00767. The highest BCUT2D eigenvalue weighted by Crippen LogP contribution is 2.39. The predicted molar refractivity (Wildman–Crippen MR) is 87.0 cm³/mol. The summed E-state index contributed by atoms with van der Waals surface area (Å²) in [6.45, 7) is 2.43. The van der Waals surface area contributed by atoms with Crippen LogP contribution in [0.15, 0.2) is 42.5 Å². The maximum absolute atomic E-state index is 12.6. The lowest BCUT2D eigenvalue weighted by Gasteiger charge is -2.25. The van der Waals surface area contributed by atoms with Crippen LogP contribution in [0.4, 0.5) is 0 Å². The lowest BCUT2D eigenvalue weighted by Crippen LogP contribution is -2.42. The first-order valence-electron chi connectivity index (χ1n) is 8.02. The maximum Gasteiger partial charge on any atom is 0.261 e. The van der Waals surface area contributed by atoms with Crippen molar-refractivity contribution in [2.75, 3.05) is 6.61 Å². The molecule has 1 aliphatic heterocycles. The molecule has 0 saturated carbocycles. The number of hydrogen-bond acceptors (Lipinski definition) is 4. The molecule has 0 spiro atoms. The molecule has 0 fully saturated rings. The van der Waals surface area contributed by atoms with Gasteiger partial charge in [0.1, 0.15) is 11.9 Å². The number of imide groups is 1. The van der Waals surface area contributed by atoms with E-state index >= 15 is 0 Å². The van der Waals surface area contributed by atoms with E-state index in [1.165, 1.54) is 4.90 Å². The summed E-state index contributed by atoms with van der Waals surface area (Å²) >= 11 is 0. The molecular formula is C19H17NO4. The molecule has 0 saturated heterocycles. The van der Waals surface area contributed by atoms with E-state index in [-0.39, 0.29) is 11.8 Å². The first-order chi connectivity index (χ1) is 11.6. The summed E-state index contributed by atoms with van der Waals surface area (Å²) in [5.41, 5.74) is 2.47. The number of benzene rings is 2. The molecule has 5 nitrogen and oxygen atoms in total. The van der Waals surface area contributed by atoms with E-state index in [9.17, 15) is 14.7 Å². The van der Waals surface area contributed by atoms with Crippen LogP contribution in [0.5, 0.6) is 5.75 Å². The molecule has 0 bridgehead atoms. The normalized spacial score (nSPS) is 21.8. The molecule has 2 aromatic carbocycles. The van der Waals surface area contributed by atoms with Gasteiger partial charge in [0.15, 0.2) is 0 Å². The fourth-order valence-corrected chi connectivity index (χ4v) is 3.58. The van der Waals surface area contributed by atoms with E-state index in [4.69, 9.17) is 4.74 Å². The number of carbonyl (C=O) groups is 2. The fraction of sp³-hybridized carbons (Fsp3) is 0.263. The van der Waals surface area contributed by atoms with Crippen molar-refractivity contribution in [2.24, 2.45) is 0 Å². The van der Waals surface area contributed by atoms with Crippen LogP contribution < -0.4 is 4.74 Å². The topological polar surface area (TPSA) is 66.8 Å². The molecule has 2 amide bonds. The molecular weight excluding hydrogens is 306 g/mol. The van der Waals surface area contributed by atoms with Gasteiger partial charge in [0.25, 0.3) is 11.8 Å². The zero-order valence-corrected chi connectivity index (χ0v) is 13.2. The maximum atomic E-state index is 12.6. The van der Waals surface area contributed by atoms with Crippen molar-refractivity contribution in [2.45, 2.75) is 25.5 Å². The van der Waals surface area contributed by atoms with Gasteiger partial charge in [-0.1, -0.05) is 18.2 Å². The van der Waals surface area contributed by atoms with E-state index in [0.29, 0.717) is 29.9 Å². The first kappa shape index (κ1) is 14.9. The Kier molecular flexibility index (Phi) is 3.39. The Labute approximate surface area is 139 Å². The van der Waals surface area contributed by atoms with Gasteiger partial charge in [-0.2, -0.15) is 0 Å². The average molecular weight is 323 g/mol. The molecule has 2 atom stereocenters. The van der Waals surface area contributed by atoms with Crippen molar-refractivity contribution < 1.29 is 19.4 Å². The SMILES string of the molecule is CCOc1ccc2c(c1)C(O)[C@@H](N1C(=O)c3ccccc3C1=O)C2.